The monoisotopic (exact) mass is 382 g/mol. The van der Waals surface area contributed by atoms with Gasteiger partial charge in [-0.2, -0.15) is 0 Å². The molecule has 2 saturated heterocycles. The van der Waals surface area contributed by atoms with Crippen LogP contribution in [0.25, 0.3) is 0 Å². The third-order valence-electron chi connectivity index (χ3n) is 4.98. The number of carbonyl (C=O) groups excluding carboxylic acids is 3. The Hall–Kier alpha value is -1.83. The number of piperazine rings is 1. The first-order chi connectivity index (χ1) is 12.7. The van der Waals surface area contributed by atoms with Crippen molar-refractivity contribution in [1.29, 1.82) is 0 Å². The Kier molecular flexibility index (Phi) is 7.47. The molecular formula is C19H34N4O4. The molecule has 2 aliphatic rings. The smallest absolute Gasteiger partial charge is 0.321 e. The van der Waals surface area contributed by atoms with E-state index in [2.05, 4.69) is 5.32 Å². The van der Waals surface area contributed by atoms with Gasteiger partial charge in [0.05, 0.1) is 12.6 Å². The number of methoxy groups -OCH3 is 1. The number of amides is 4. The largest absolute Gasteiger partial charge is 0.383 e. The van der Waals surface area contributed by atoms with Crippen molar-refractivity contribution in [2.24, 2.45) is 11.8 Å². The van der Waals surface area contributed by atoms with Crippen LogP contribution in [0, 0.1) is 11.8 Å². The Morgan fingerprint density at radius 1 is 1.15 bits per heavy atom. The van der Waals surface area contributed by atoms with E-state index >= 15 is 0 Å². The number of rotatable bonds is 9. The van der Waals surface area contributed by atoms with E-state index in [1.807, 2.05) is 27.7 Å². The van der Waals surface area contributed by atoms with Crippen molar-refractivity contribution in [3.8, 4) is 0 Å². The molecule has 0 aromatic heterocycles. The van der Waals surface area contributed by atoms with Crippen LogP contribution >= 0.6 is 0 Å². The molecule has 0 aliphatic carbocycles. The van der Waals surface area contributed by atoms with Gasteiger partial charge in [0, 0.05) is 33.3 Å². The predicted octanol–water partition coefficient (Wildman–Crippen LogP) is 0.768. The van der Waals surface area contributed by atoms with Gasteiger partial charge in [0.15, 0.2) is 0 Å². The molecule has 8 nitrogen and oxygen atoms in total. The summed E-state index contributed by atoms with van der Waals surface area (Å²) in [6.45, 7) is 10.7. The summed E-state index contributed by atoms with van der Waals surface area (Å²) in [5.41, 5.74) is 0. The van der Waals surface area contributed by atoms with Crippen molar-refractivity contribution < 1.29 is 19.1 Å². The Labute approximate surface area is 162 Å². The van der Waals surface area contributed by atoms with E-state index in [1.165, 1.54) is 0 Å². The van der Waals surface area contributed by atoms with Gasteiger partial charge in [0.25, 0.3) is 0 Å². The first-order valence-electron chi connectivity index (χ1n) is 9.86. The maximum atomic E-state index is 12.9. The van der Waals surface area contributed by atoms with Crippen molar-refractivity contribution in [3.63, 3.8) is 0 Å². The molecule has 2 heterocycles. The molecule has 0 saturated carbocycles. The summed E-state index contributed by atoms with van der Waals surface area (Å²) in [7, 11) is 1.61. The molecule has 0 unspecified atom stereocenters. The van der Waals surface area contributed by atoms with Crippen molar-refractivity contribution in [1.82, 2.24) is 20.0 Å². The molecule has 0 bridgehead atoms. The molecule has 0 aromatic carbocycles. The molecule has 0 spiro atoms. The summed E-state index contributed by atoms with van der Waals surface area (Å²) in [5, 5.41) is 2.85. The lowest BCUT2D eigenvalue weighted by Gasteiger charge is -2.42. The number of ether oxygens (including phenoxy) is 1. The van der Waals surface area contributed by atoms with Crippen LogP contribution in [0.2, 0.25) is 0 Å². The number of hydrogen-bond donors (Lipinski definition) is 1. The Balaban J connectivity index is 2.09. The van der Waals surface area contributed by atoms with Crippen LogP contribution in [0.15, 0.2) is 0 Å². The van der Waals surface area contributed by atoms with E-state index in [0.717, 1.165) is 0 Å². The lowest BCUT2D eigenvalue weighted by Crippen LogP contribution is -2.61. The van der Waals surface area contributed by atoms with Crippen LogP contribution in [-0.4, -0.2) is 91.1 Å². The minimum absolute atomic E-state index is 0.0172. The average Bonchev–Trinajstić information content (AvgIpc) is 2.89. The topological polar surface area (TPSA) is 82.2 Å². The molecule has 0 radical (unpaired) electrons. The van der Waals surface area contributed by atoms with Gasteiger partial charge < -0.3 is 24.8 Å². The third kappa shape index (κ3) is 5.34. The molecule has 4 amide bonds. The molecule has 2 atom stereocenters. The standard InChI is InChI=1S/C19H34N4O4/c1-13(2)8-16-18(25)21(6-7-27-5)10-15-11-22(19(26)23(15)16)12-17(24)20-9-14(3)4/h13-16H,6-12H2,1-5H3,(H,20,24)/t15-,16-/m0/s1. The van der Waals surface area contributed by atoms with Crippen LogP contribution in [0.4, 0.5) is 4.79 Å². The molecule has 154 valence electrons. The summed E-state index contributed by atoms with van der Waals surface area (Å²) in [6, 6.07) is -0.740. The minimum Gasteiger partial charge on any atom is -0.383 e. The zero-order valence-electron chi connectivity index (χ0n) is 17.2. The fraction of sp³-hybridized carbons (Fsp3) is 0.842. The number of fused-ring (bicyclic) bond motifs is 1. The maximum absolute atomic E-state index is 12.9. The third-order valence-corrected chi connectivity index (χ3v) is 4.98. The van der Waals surface area contributed by atoms with Gasteiger partial charge >= 0.3 is 6.03 Å². The first-order valence-corrected chi connectivity index (χ1v) is 9.86. The normalized spacial score (nSPS) is 22.9. The van der Waals surface area contributed by atoms with Gasteiger partial charge in [-0.3, -0.25) is 9.59 Å². The molecule has 2 aliphatic heterocycles. The molecule has 8 heteroatoms. The quantitative estimate of drug-likeness (QED) is 0.639. The highest BCUT2D eigenvalue weighted by Crippen LogP contribution is 2.28. The Bertz CT molecular complexity index is 552. The van der Waals surface area contributed by atoms with E-state index in [0.29, 0.717) is 45.1 Å². The van der Waals surface area contributed by atoms with E-state index in [4.69, 9.17) is 4.74 Å². The summed E-state index contributed by atoms with van der Waals surface area (Å²) >= 11 is 0. The molecule has 0 aromatic rings. The van der Waals surface area contributed by atoms with Crippen molar-refractivity contribution >= 4 is 17.8 Å². The second-order valence-corrected chi connectivity index (χ2v) is 8.34. The summed E-state index contributed by atoms with van der Waals surface area (Å²) in [6.07, 6.45) is 0.623. The SMILES string of the molecule is COCCN1C[C@H]2CN(CC(=O)NCC(C)C)C(=O)N2[C@@H](CC(C)C)C1=O. The van der Waals surface area contributed by atoms with Crippen molar-refractivity contribution in [2.45, 2.75) is 46.2 Å². The molecule has 2 rings (SSSR count). The number of urea groups is 1. The maximum Gasteiger partial charge on any atom is 0.321 e. The van der Waals surface area contributed by atoms with E-state index in [9.17, 15) is 14.4 Å². The van der Waals surface area contributed by atoms with Gasteiger partial charge in [0.2, 0.25) is 11.8 Å². The summed E-state index contributed by atoms with van der Waals surface area (Å²) in [4.78, 5) is 43.1. The fourth-order valence-corrected chi connectivity index (χ4v) is 3.69. The number of nitrogens with one attached hydrogen (secondary N) is 1. The number of carbonyl (C=O) groups is 3. The highest BCUT2D eigenvalue weighted by Gasteiger charge is 2.49. The van der Waals surface area contributed by atoms with Crippen LogP contribution in [0.3, 0.4) is 0 Å². The lowest BCUT2D eigenvalue weighted by atomic mass is 9.97. The van der Waals surface area contributed by atoms with Gasteiger partial charge in [0.1, 0.15) is 12.6 Å². The van der Waals surface area contributed by atoms with Crippen LogP contribution in [0.1, 0.15) is 34.1 Å². The van der Waals surface area contributed by atoms with Crippen molar-refractivity contribution in [3.05, 3.63) is 0 Å². The fourth-order valence-electron chi connectivity index (χ4n) is 3.69. The van der Waals surface area contributed by atoms with E-state index in [1.54, 1.807) is 21.8 Å². The van der Waals surface area contributed by atoms with E-state index in [-0.39, 0.29) is 36.3 Å². The Morgan fingerprint density at radius 3 is 2.41 bits per heavy atom. The summed E-state index contributed by atoms with van der Waals surface area (Å²) < 4.78 is 5.12. The van der Waals surface area contributed by atoms with Gasteiger partial charge in [-0.25, -0.2) is 4.79 Å². The van der Waals surface area contributed by atoms with Crippen LogP contribution < -0.4 is 5.32 Å². The molecule has 2 fully saturated rings. The van der Waals surface area contributed by atoms with Crippen molar-refractivity contribution in [2.75, 3.05) is 46.4 Å². The zero-order chi connectivity index (χ0) is 20.1. The van der Waals surface area contributed by atoms with E-state index < -0.39 is 6.04 Å². The second-order valence-electron chi connectivity index (χ2n) is 8.34. The average molecular weight is 383 g/mol. The van der Waals surface area contributed by atoms with Crippen LogP contribution in [0.5, 0.6) is 0 Å². The Morgan fingerprint density at radius 2 is 1.81 bits per heavy atom. The van der Waals surface area contributed by atoms with Gasteiger partial charge in [-0.1, -0.05) is 27.7 Å². The van der Waals surface area contributed by atoms with Gasteiger partial charge in [-0.05, 0) is 18.3 Å². The first kappa shape index (κ1) is 21.5. The number of hydrogen-bond acceptors (Lipinski definition) is 4. The summed E-state index contributed by atoms with van der Waals surface area (Å²) in [5.74, 6) is 0.478. The predicted molar refractivity (Wildman–Crippen MR) is 102 cm³/mol. The number of nitrogens with zero attached hydrogens (tertiary/aromatic N) is 3. The zero-order valence-corrected chi connectivity index (χ0v) is 17.2. The molecular weight excluding hydrogens is 348 g/mol. The second kappa shape index (κ2) is 9.39. The van der Waals surface area contributed by atoms with Gasteiger partial charge in [-0.15, -0.1) is 0 Å². The highest BCUT2D eigenvalue weighted by molar-refractivity contribution is 5.91. The molecule has 27 heavy (non-hydrogen) atoms. The highest BCUT2D eigenvalue weighted by atomic mass is 16.5. The minimum atomic E-state index is -0.461. The lowest BCUT2D eigenvalue weighted by molar-refractivity contribution is -0.143. The van der Waals surface area contributed by atoms with Crippen LogP contribution in [-0.2, 0) is 14.3 Å². The molecule has 1 N–H and O–H groups in total.